The molecular formula is C22H32N2O4. The Morgan fingerprint density at radius 3 is 2.46 bits per heavy atom. The Balaban J connectivity index is 1.49. The Hall–Kier alpha value is -2.08. The van der Waals surface area contributed by atoms with Gasteiger partial charge in [-0.2, -0.15) is 0 Å². The first-order valence-corrected chi connectivity index (χ1v) is 10.5. The van der Waals surface area contributed by atoms with Crippen LogP contribution in [0.25, 0.3) is 0 Å². The van der Waals surface area contributed by atoms with Gasteiger partial charge in [0.1, 0.15) is 12.1 Å². The number of hydrogen-bond donors (Lipinski definition) is 2. The SMILES string of the molecule is O=C(NC1(C(=O)OCc2ccccc2)CC1)N(CCO)CCC1CCCCC1. The number of aliphatic hydroxyl groups excluding tert-OH is 1. The number of benzene rings is 1. The molecule has 6 heteroatoms. The van der Waals surface area contributed by atoms with Crippen molar-refractivity contribution >= 4 is 12.0 Å². The molecule has 0 saturated heterocycles. The molecule has 0 unspecified atom stereocenters. The van der Waals surface area contributed by atoms with Gasteiger partial charge in [-0.15, -0.1) is 0 Å². The average Bonchev–Trinajstić information content (AvgIpc) is 3.51. The van der Waals surface area contributed by atoms with Crippen molar-refractivity contribution < 1.29 is 19.4 Å². The van der Waals surface area contributed by atoms with Crippen LogP contribution in [0.4, 0.5) is 4.79 Å². The number of aliphatic hydroxyl groups is 1. The van der Waals surface area contributed by atoms with E-state index in [4.69, 9.17) is 4.74 Å². The summed E-state index contributed by atoms with van der Waals surface area (Å²) < 4.78 is 5.43. The predicted molar refractivity (Wildman–Crippen MR) is 107 cm³/mol. The van der Waals surface area contributed by atoms with Crippen LogP contribution in [-0.4, -0.2) is 47.2 Å². The number of rotatable bonds is 9. The van der Waals surface area contributed by atoms with E-state index >= 15 is 0 Å². The number of carbonyl (C=O) groups excluding carboxylic acids is 2. The first kappa shape index (κ1) is 20.6. The van der Waals surface area contributed by atoms with Gasteiger partial charge in [-0.1, -0.05) is 62.4 Å². The van der Waals surface area contributed by atoms with E-state index in [2.05, 4.69) is 5.32 Å². The molecule has 0 atom stereocenters. The lowest BCUT2D eigenvalue weighted by Crippen LogP contribution is -2.51. The zero-order valence-corrected chi connectivity index (χ0v) is 16.6. The fourth-order valence-electron chi connectivity index (χ4n) is 3.90. The highest BCUT2D eigenvalue weighted by molar-refractivity contribution is 5.90. The summed E-state index contributed by atoms with van der Waals surface area (Å²) in [5, 5.41) is 12.2. The van der Waals surface area contributed by atoms with E-state index in [0.29, 0.717) is 25.3 Å². The molecule has 28 heavy (non-hydrogen) atoms. The van der Waals surface area contributed by atoms with Crippen molar-refractivity contribution in [2.45, 2.75) is 63.5 Å². The molecule has 0 bridgehead atoms. The van der Waals surface area contributed by atoms with Gasteiger partial charge in [0.05, 0.1) is 6.61 Å². The number of hydrogen-bond acceptors (Lipinski definition) is 4. The van der Waals surface area contributed by atoms with E-state index in [-0.39, 0.29) is 31.8 Å². The fraction of sp³-hybridized carbons (Fsp3) is 0.636. The summed E-state index contributed by atoms with van der Waals surface area (Å²) in [6, 6.07) is 9.24. The molecule has 2 N–H and O–H groups in total. The minimum Gasteiger partial charge on any atom is -0.459 e. The topological polar surface area (TPSA) is 78.9 Å². The summed E-state index contributed by atoms with van der Waals surface area (Å²) in [5.41, 5.74) is 0.0251. The molecule has 2 saturated carbocycles. The van der Waals surface area contributed by atoms with Crippen LogP contribution >= 0.6 is 0 Å². The quantitative estimate of drug-likeness (QED) is 0.637. The first-order valence-electron chi connectivity index (χ1n) is 10.5. The van der Waals surface area contributed by atoms with Crippen LogP contribution in [0.3, 0.4) is 0 Å². The van der Waals surface area contributed by atoms with Gasteiger partial charge in [0.25, 0.3) is 0 Å². The Labute approximate surface area is 167 Å². The van der Waals surface area contributed by atoms with E-state index in [9.17, 15) is 14.7 Å². The van der Waals surface area contributed by atoms with Gasteiger partial charge in [0.2, 0.25) is 0 Å². The van der Waals surface area contributed by atoms with E-state index in [1.807, 2.05) is 30.3 Å². The summed E-state index contributed by atoms with van der Waals surface area (Å²) in [6.45, 7) is 1.03. The molecule has 0 aliphatic heterocycles. The molecular weight excluding hydrogens is 356 g/mol. The normalized spacial score (nSPS) is 18.3. The molecule has 2 aliphatic carbocycles. The number of ether oxygens (including phenoxy) is 1. The van der Waals surface area contributed by atoms with Crippen molar-refractivity contribution in [1.29, 1.82) is 0 Å². The first-order chi connectivity index (χ1) is 13.6. The Bertz CT molecular complexity index is 639. The lowest BCUT2D eigenvalue weighted by atomic mass is 9.87. The second-order valence-electron chi connectivity index (χ2n) is 8.08. The summed E-state index contributed by atoms with van der Waals surface area (Å²) in [7, 11) is 0. The van der Waals surface area contributed by atoms with Gasteiger partial charge < -0.3 is 20.1 Å². The molecule has 2 amide bonds. The largest absolute Gasteiger partial charge is 0.459 e. The number of urea groups is 1. The predicted octanol–water partition coefficient (Wildman–Crippen LogP) is 3.24. The van der Waals surface area contributed by atoms with Crippen LogP contribution in [0.15, 0.2) is 30.3 Å². The van der Waals surface area contributed by atoms with Gasteiger partial charge in [0, 0.05) is 13.1 Å². The summed E-state index contributed by atoms with van der Waals surface area (Å²) >= 11 is 0. The van der Waals surface area contributed by atoms with E-state index in [0.717, 1.165) is 12.0 Å². The minimum atomic E-state index is -0.898. The highest BCUT2D eigenvalue weighted by Gasteiger charge is 2.53. The zero-order chi connectivity index (χ0) is 19.8. The highest BCUT2D eigenvalue weighted by Crippen LogP contribution is 2.37. The summed E-state index contributed by atoms with van der Waals surface area (Å²) in [4.78, 5) is 26.9. The molecule has 0 spiro atoms. The standard InChI is InChI=1S/C22H32N2O4/c25-16-15-24(14-11-18-7-3-1-4-8-18)21(27)23-22(12-13-22)20(26)28-17-19-9-5-2-6-10-19/h2,5-6,9-10,18,25H,1,3-4,7-8,11-17H2,(H,23,27). The van der Waals surface area contributed by atoms with Crippen LogP contribution < -0.4 is 5.32 Å². The fourth-order valence-corrected chi connectivity index (χ4v) is 3.90. The molecule has 6 nitrogen and oxygen atoms in total. The molecule has 154 valence electrons. The van der Waals surface area contributed by atoms with Gasteiger partial charge in [-0.3, -0.25) is 0 Å². The van der Waals surface area contributed by atoms with Crippen LogP contribution in [0.1, 0.15) is 56.9 Å². The van der Waals surface area contributed by atoms with Crippen LogP contribution in [0, 0.1) is 5.92 Å². The third-order valence-electron chi connectivity index (χ3n) is 5.89. The molecule has 0 heterocycles. The van der Waals surface area contributed by atoms with E-state index < -0.39 is 5.54 Å². The molecule has 0 radical (unpaired) electrons. The number of nitrogens with zero attached hydrogens (tertiary/aromatic N) is 1. The molecule has 1 aromatic rings. The second-order valence-corrected chi connectivity index (χ2v) is 8.08. The van der Waals surface area contributed by atoms with Crippen LogP contribution in [-0.2, 0) is 16.1 Å². The molecule has 0 aromatic heterocycles. The van der Waals surface area contributed by atoms with Gasteiger partial charge in [-0.25, -0.2) is 9.59 Å². The Kier molecular flexibility index (Phi) is 7.31. The molecule has 3 rings (SSSR count). The van der Waals surface area contributed by atoms with E-state index in [1.165, 1.54) is 32.1 Å². The van der Waals surface area contributed by atoms with Gasteiger partial charge in [-0.05, 0) is 30.7 Å². The Morgan fingerprint density at radius 2 is 1.82 bits per heavy atom. The van der Waals surface area contributed by atoms with Crippen LogP contribution in [0.5, 0.6) is 0 Å². The van der Waals surface area contributed by atoms with Crippen molar-refractivity contribution in [3.63, 3.8) is 0 Å². The van der Waals surface area contributed by atoms with Crippen molar-refractivity contribution in [1.82, 2.24) is 10.2 Å². The maximum Gasteiger partial charge on any atom is 0.332 e. The average molecular weight is 389 g/mol. The van der Waals surface area contributed by atoms with Gasteiger partial charge in [0.15, 0.2) is 0 Å². The smallest absolute Gasteiger partial charge is 0.332 e. The third-order valence-corrected chi connectivity index (χ3v) is 5.89. The van der Waals surface area contributed by atoms with Crippen molar-refractivity contribution in [2.24, 2.45) is 5.92 Å². The highest BCUT2D eigenvalue weighted by atomic mass is 16.5. The molecule has 1 aromatic carbocycles. The maximum absolute atomic E-state index is 12.7. The van der Waals surface area contributed by atoms with E-state index in [1.54, 1.807) is 4.90 Å². The number of carbonyl (C=O) groups is 2. The maximum atomic E-state index is 12.7. The lowest BCUT2D eigenvalue weighted by Gasteiger charge is -2.28. The monoisotopic (exact) mass is 388 g/mol. The second kappa shape index (κ2) is 9.92. The van der Waals surface area contributed by atoms with Crippen molar-refractivity contribution in [3.05, 3.63) is 35.9 Å². The van der Waals surface area contributed by atoms with Gasteiger partial charge >= 0.3 is 12.0 Å². The summed E-state index contributed by atoms with van der Waals surface area (Å²) in [6.07, 6.45) is 8.46. The molecule has 2 aliphatic rings. The van der Waals surface area contributed by atoms with Crippen molar-refractivity contribution in [2.75, 3.05) is 19.7 Å². The van der Waals surface area contributed by atoms with Crippen LogP contribution in [0.2, 0.25) is 0 Å². The number of amides is 2. The minimum absolute atomic E-state index is 0.0798. The van der Waals surface area contributed by atoms with Crippen molar-refractivity contribution in [3.8, 4) is 0 Å². The number of nitrogens with one attached hydrogen (secondary N) is 1. The number of esters is 1. The summed E-state index contributed by atoms with van der Waals surface area (Å²) in [5.74, 6) is 0.286. The molecule has 2 fully saturated rings. The third kappa shape index (κ3) is 5.71. The lowest BCUT2D eigenvalue weighted by molar-refractivity contribution is -0.148. The zero-order valence-electron chi connectivity index (χ0n) is 16.6. The Morgan fingerprint density at radius 1 is 1.11 bits per heavy atom.